The Bertz CT molecular complexity index is 336. The molecule has 0 bridgehead atoms. The van der Waals surface area contributed by atoms with Crippen molar-refractivity contribution >= 4 is 5.91 Å². The topological polar surface area (TPSA) is 47.3 Å². The summed E-state index contributed by atoms with van der Waals surface area (Å²) < 4.78 is 0. The van der Waals surface area contributed by atoms with Gasteiger partial charge in [0.1, 0.15) is 5.41 Å². The maximum Gasteiger partial charge on any atom is 0.242 e. The molecule has 114 valence electrons. The number of nitriles is 1. The van der Waals surface area contributed by atoms with Crippen LogP contribution in [0.4, 0.5) is 0 Å². The van der Waals surface area contributed by atoms with E-state index in [9.17, 15) is 10.1 Å². The molecule has 0 N–H and O–H groups in total. The SMILES string of the molecule is CCCC(C#N)(CCC)C(=O)N(C)CCN1CCCC1. The molecular formula is C16H29N3O. The van der Waals surface area contributed by atoms with Crippen LogP contribution in [-0.4, -0.2) is 48.9 Å². The summed E-state index contributed by atoms with van der Waals surface area (Å²) in [7, 11) is 1.84. The van der Waals surface area contributed by atoms with Gasteiger partial charge in [0, 0.05) is 20.1 Å². The molecule has 1 amide bonds. The Morgan fingerprint density at radius 3 is 2.25 bits per heavy atom. The molecule has 1 aliphatic rings. The molecule has 0 atom stereocenters. The largest absolute Gasteiger partial charge is 0.343 e. The first-order chi connectivity index (χ1) is 9.59. The summed E-state index contributed by atoms with van der Waals surface area (Å²) in [5, 5.41) is 9.53. The highest BCUT2D eigenvalue weighted by Gasteiger charge is 2.38. The molecule has 1 saturated heterocycles. The van der Waals surface area contributed by atoms with E-state index in [-0.39, 0.29) is 5.91 Å². The molecule has 20 heavy (non-hydrogen) atoms. The highest BCUT2D eigenvalue weighted by Crippen LogP contribution is 2.31. The van der Waals surface area contributed by atoms with Gasteiger partial charge in [-0.2, -0.15) is 5.26 Å². The van der Waals surface area contributed by atoms with Crippen LogP contribution in [0.25, 0.3) is 0 Å². The summed E-state index contributed by atoms with van der Waals surface area (Å²) in [5.41, 5.74) is -0.802. The second-order valence-electron chi connectivity index (χ2n) is 5.97. The van der Waals surface area contributed by atoms with Crippen molar-refractivity contribution < 1.29 is 4.79 Å². The number of likely N-dealkylation sites (tertiary alicyclic amines) is 1. The Kier molecular flexibility index (Phi) is 7.01. The van der Waals surface area contributed by atoms with Crippen LogP contribution in [0.3, 0.4) is 0 Å². The van der Waals surface area contributed by atoms with E-state index < -0.39 is 5.41 Å². The Morgan fingerprint density at radius 1 is 1.25 bits per heavy atom. The highest BCUT2D eigenvalue weighted by atomic mass is 16.2. The third-order valence-electron chi connectivity index (χ3n) is 4.27. The van der Waals surface area contributed by atoms with Gasteiger partial charge in [-0.1, -0.05) is 26.7 Å². The predicted molar refractivity (Wildman–Crippen MR) is 81.2 cm³/mol. The lowest BCUT2D eigenvalue weighted by atomic mass is 9.79. The van der Waals surface area contributed by atoms with Crippen molar-refractivity contribution in [2.75, 3.05) is 33.2 Å². The minimum atomic E-state index is -0.802. The molecule has 1 fully saturated rings. The Morgan fingerprint density at radius 2 is 1.80 bits per heavy atom. The smallest absolute Gasteiger partial charge is 0.242 e. The van der Waals surface area contributed by atoms with Crippen molar-refractivity contribution in [3.63, 3.8) is 0 Å². The Balaban J connectivity index is 2.60. The molecule has 1 heterocycles. The molecule has 1 rings (SSSR count). The van der Waals surface area contributed by atoms with Crippen LogP contribution < -0.4 is 0 Å². The number of rotatable bonds is 8. The number of nitrogens with zero attached hydrogens (tertiary/aromatic N) is 3. The van der Waals surface area contributed by atoms with E-state index in [0.29, 0.717) is 12.8 Å². The van der Waals surface area contributed by atoms with Gasteiger partial charge >= 0.3 is 0 Å². The predicted octanol–water partition coefficient (Wildman–Crippen LogP) is 2.65. The third kappa shape index (κ3) is 4.21. The van der Waals surface area contributed by atoms with Crippen LogP contribution in [0.1, 0.15) is 52.4 Å². The maximum atomic E-state index is 12.7. The van der Waals surface area contributed by atoms with Crippen LogP contribution in [0, 0.1) is 16.7 Å². The Hall–Kier alpha value is -1.08. The molecule has 0 aromatic carbocycles. The molecule has 1 aliphatic heterocycles. The zero-order valence-corrected chi connectivity index (χ0v) is 13.3. The molecule has 0 spiro atoms. The summed E-state index contributed by atoms with van der Waals surface area (Å²) in [6, 6.07) is 2.32. The molecule has 0 aliphatic carbocycles. The van der Waals surface area contributed by atoms with Gasteiger partial charge in [-0.3, -0.25) is 4.79 Å². The average Bonchev–Trinajstić information content (AvgIpc) is 2.96. The minimum Gasteiger partial charge on any atom is -0.343 e. The molecule has 0 radical (unpaired) electrons. The van der Waals surface area contributed by atoms with Gasteiger partial charge in [-0.15, -0.1) is 0 Å². The van der Waals surface area contributed by atoms with E-state index in [1.165, 1.54) is 12.8 Å². The molecule has 0 aromatic rings. The number of amides is 1. The molecule has 4 heteroatoms. The molecule has 0 saturated carbocycles. The van der Waals surface area contributed by atoms with Gasteiger partial charge < -0.3 is 9.80 Å². The quantitative estimate of drug-likeness (QED) is 0.686. The summed E-state index contributed by atoms with van der Waals surface area (Å²) >= 11 is 0. The normalized spacial score (nSPS) is 16.1. The van der Waals surface area contributed by atoms with Gasteiger partial charge in [0.05, 0.1) is 6.07 Å². The second kappa shape index (κ2) is 8.26. The van der Waals surface area contributed by atoms with E-state index >= 15 is 0 Å². The van der Waals surface area contributed by atoms with Crippen LogP contribution in [-0.2, 0) is 4.79 Å². The second-order valence-corrected chi connectivity index (χ2v) is 5.97. The van der Waals surface area contributed by atoms with Crippen molar-refractivity contribution in [2.24, 2.45) is 5.41 Å². The van der Waals surface area contributed by atoms with Crippen LogP contribution in [0.5, 0.6) is 0 Å². The standard InChI is InChI=1S/C16H29N3O/c1-4-8-16(14-17,9-5-2)15(20)18(3)12-13-19-10-6-7-11-19/h4-13H2,1-3H3. The van der Waals surface area contributed by atoms with Gasteiger partial charge in [-0.05, 0) is 38.8 Å². The van der Waals surface area contributed by atoms with Crippen LogP contribution in [0.2, 0.25) is 0 Å². The first-order valence-electron chi connectivity index (χ1n) is 7.98. The number of carbonyl (C=O) groups is 1. The molecule has 0 unspecified atom stereocenters. The van der Waals surface area contributed by atoms with Gasteiger partial charge in [0.25, 0.3) is 0 Å². The zero-order valence-electron chi connectivity index (χ0n) is 13.3. The van der Waals surface area contributed by atoms with Crippen molar-refractivity contribution in [1.29, 1.82) is 5.26 Å². The number of carbonyl (C=O) groups excluding carboxylic acids is 1. The number of hydrogen-bond donors (Lipinski definition) is 0. The third-order valence-corrected chi connectivity index (χ3v) is 4.27. The monoisotopic (exact) mass is 279 g/mol. The van der Waals surface area contributed by atoms with Crippen molar-refractivity contribution in [3.05, 3.63) is 0 Å². The lowest BCUT2D eigenvalue weighted by Crippen LogP contribution is -2.44. The van der Waals surface area contributed by atoms with Crippen molar-refractivity contribution in [1.82, 2.24) is 9.80 Å². The van der Waals surface area contributed by atoms with E-state index in [1.807, 2.05) is 20.9 Å². The van der Waals surface area contributed by atoms with Crippen molar-refractivity contribution in [2.45, 2.75) is 52.4 Å². The molecular weight excluding hydrogens is 250 g/mol. The van der Waals surface area contributed by atoms with E-state index in [0.717, 1.165) is 39.0 Å². The zero-order chi connectivity index (χ0) is 15.0. The minimum absolute atomic E-state index is 0.0166. The summed E-state index contributed by atoms with van der Waals surface area (Å²) in [6.07, 6.45) is 5.63. The average molecular weight is 279 g/mol. The van der Waals surface area contributed by atoms with Gasteiger partial charge in [-0.25, -0.2) is 0 Å². The number of likely N-dealkylation sites (N-methyl/N-ethyl adjacent to an activating group) is 1. The number of hydrogen-bond acceptors (Lipinski definition) is 3. The van der Waals surface area contributed by atoms with Crippen LogP contribution >= 0.6 is 0 Å². The Labute approximate surface area is 123 Å². The molecule has 4 nitrogen and oxygen atoms in total. The summed E-state index contributed by atoms with van der Waals surface area (Å²) in [5.74, 6) is 0.0166. The summed E-state index contributed by atoms with van der Waals surface area (Å²) in [4.78, 5) is 16.8. The fourth-order valence-corrected chi connectivity index (χ4v) is 3.12. The van der Waals surface area contributed by atoms with E-state index in [1.54, 1.807) is 4.90 Å². The maximum absolute atomic E-state index is 12.7. The van der Waals surface area contributed by atoms with Gasteiger partial charge in [0.2, 0.25) is 5.91 Å². The lowest BCUT2D eigenvalue weighted by Gasteiger charge is -2.31. The fourth-order valence-electron chi connectivity index (χ4n) is 3.12. The highest BCUT2D eigenvalue weighted by molar-refractivity contribution is 5.85. The summed E-state index contributed by atoms with van der Waals surface area (Å²) in [6.45, 7) is 8.04. The van der Waals surface area contributed by atoms with E-state index in [2.05, 4.69) is 11.0 Å². The van der Waals surface area contributed by atoms with Crippen molar-refractivity contribution in [3.8, 4) is 6.07 Å². The first-order valence-corrected chi connectivity index (χ1v) is 7.98. The first kappa shape index (κ1) is 17.0. The molecule has 0 aromatic heterocycles. The fraction of sp³-hybridized carbons (Fsp3) is 0.875. The lowest BCUT2D eigenvalue weighted by molar-refractivity contribution is -0.138. The van der Waals surface area contributed by atoms with E-state index in [4.69, 9.17) is 0 Å². The van der Waals surface area contributed by atoms with Gasteiger partial charge in [0.15, 0.2) is 0 Å². The van der Waals surface area contributed by atoms with Crippen LogP contribution in [0.15, 0.2) is 0 Å².